The van der Waals surface area contributed by atoms with Gasteiger partial charge in [-0.15, -0.1) is 0 Å². The van der Waals surface area contributed by atoms with E-state index < -0.39 is 0 Å². The Bertz CT molecular complexity index is 685. The zero-order valence-electron chi connectivity index (χ0n) is 10.3. The molecule has 2 aromatic heterocycles. The van der Waals surface area contributed by atoms with Crippen molar-refractivity contribution < 1.29 is 4.79 Å². The van der Waals surface area contributed by atoms with Crippen molar-refractivity contribution in [3.63, 3.8) is 0 Å². The molecule has 0 saturated carbocycles. The topological polar surface area (TPSA) is 44.9 Å². The van der Waals surface area contributed by atoms with Crippen LogP contribution in [0.5, 0.6) is 0 Å². The molecule has 3 aromatic rings. The van der Waals surface area contributed by atoms with Crippen LogP contribution in [-0.2, 0) is 17.8 Å². The molecule has 2 N–H and O–H groups in total. The first-order chi connectivity index (χ1) is 9.33. The number of thiophene rings is 1. The lowest BCUT2D eigenvalue weighted by atomic mass is 10.1. The number of para-hydroxylation sites is 1. The summed E-state index contributed by atoms with van der Waals surface area (Å²) in [6, 6.07) is 10.0. The number of aromatic amines is 1. The fourth-order valence-corrected chi connectivity index (χ4v) is 2.78. The molecule has 1 amide bonds. The summed E-state index contributed by atoms with van der Waals surface area (Å²) in [5.41, 5.74) is 3.26. The lowest BCUT2D eigenvalue weighted by Crippen LogP contribution is -2.24. The number of H-pyrrole nitrogens is 1. The predicted octanol–water partition coefficient (Wildman–Crippen LogP) is 3.09. The molecule has 0 aliphatic rings. The van der Waals surface area contributed by atoms with Gasteiger partial charge in [0.15, 0.2) is 0 Å². The number of carbonyl (C=O) groups is 1. The van der Waals surface area contributed by atoms with Crippen LogP contribution >= 0.6 is 11.3 Å². The summed E-state index contributed by atoms with van der Waals surface area (Å²) in [5, 5.41) is 8.12. The van der Waals surface area contributed by atoms with E-state index in [9.17, 15) is 4.79 Å². The predicted molar refractivity (Wildman–Crippen MR) is 78.2 cm³/mol. The van der Waals surface area contributed by atoms with E-state index in [1.165, 1.54) is 0 Å². The number of nitrogens with one attached hydrogen (secondary N) is 2. The van der Waals surface area contributed by atoms with E-state index in [0.29, 0.717) is 13.0 Å². The average Bonchev–Trinajstić information content (AvgIpc) is 3.07. The molecule has 2 heterocycles. The van der Waals surface area contributed by atoms with Gasteiger partial charge in [-0.1, -0.05) is 18.2 Å². The van der Waals surface area contributed by atoms with E-state index in [1.54, 1.807) is 11.3 Å². The number of hydrogen-bond acceptors (Lipinski definition) is 2. The van der Waals surface area contributed by atoms with Crippen LogP contribution in [0.25, 0.3) is 10.9 Å². The Morgan fingerprint density at radius 1 is 1.26 bits per heavy atom. The van der Waals surface area contributed by atoms with Crippen LogP contribution < -0.4 is 5.32 Å². The highest BCUT2D eigenvalue weighted by atomic mass is 32.1. The number of fused-ring (bicyclic) bond motifs is 1. The van der Waals surface area contributed by atoms with E-state index in [0.717, 1.165) is 22.0 Å². The number of carbonyl (C=O) groups excluding carboxylic acids is 1. The van der Waals surface area contributed by atoms with E-state index in [-0.39, 0.29) is 5.91 Å². The molecule has 4 heteroatoms. The summed E-state index contributed by atoms with van der Waals surface area (Å²) in [5.74, 6) is 0.0518. The SMILES string of the molecule is O=C(Cc1c[nH]c2ccccc12)NCc1ccsc1. The van der Waals surface area contributed by atoms with Gasteiger partial charge in [-0.3, -0.25) is 4.79 Å². The molecule has 0 radical (unpaired) electrons. The van der Waals surface area contributed by atoms with Crippen molar-refractivity contribution in [3.05, 3.63) is 58.4 Å². The van der Waals surface area contributed by atoms with Crippen molar-refractivity contribution in [1.29, 1.82) is 0 Å². The first-order valence-electron chi connectivity index (χ1n) is 6.16. The maximum Gasteiger partial charge on any atom is 0.224 e. The highest BCUT2D eigenvalue weighted by Crippen LogP contribution is 2.18. The Morgan fingerprint density at radius 3 is 3.00 bits per heavy atom. The first kappa shape index (κ1) is 12.0. The minimum Gasteiger partial charge on any atom is -0.361 e. The molecule has 0 spiro atoms. The zero-order valence-corrected chi connectivity index (χ0v) is 11.2. The molecule has 0 unspecified atom stereocenters. The monoisotopic (exact) mass is 270 g/mol. The molecule has 0 saturated heterocycles. The maximum atomic E-state index is 11.9. The standard InChI is InChI=1S/C15H14N2OS/c18-15(17-8-11-5-6-19-10-11)7-12-9-16-14-4-2-1-3-13(12)14/h1-6,9-10,16H,7-8H2,(H,17,18). The summed E-state index contributed by atoms with van der Waals surface area (Å²) >= 11 is 1.64. The van der Waals surface area contributed by atoms with E-state index in [1.807, 2.05) is 47.3 Å². The molecule has 3 rings (SSSR count). The molecule has 0 bridgehead atoms. The van der Waals surface area contributed by atoms with Gasteiger partial charge in [0.1, 0.15) is 0 Å². The van der Waals surface area contributed by atoms with Crippen LogP contribution in [0.3, 0.4) is 0 Å². The van der Waals surface area contributed by atoms with Crippen LogP contribution in [-0.4, -0.2) is 10.9 Å². The van der Waals surface area contributed by atoms with Gasteiger partial charge in [-0.25, -0.2) is 0 Å². The number of rotatable bonds is 4. The van der Waals surface area contributed by atoms with Crippen molar-refractivity contribution >= 4 is 28.1 Å². The van der Waals surface area contributed by atoms with Crippen molar-refractivity contribution in [2.75, 3.05) is 0 Å². The molecular formula is C15H14N2OS. The van der Waals surface area contributed by atoms with E-state index in [4.69, 9.17) is 0 Å². The number of aromatic nitrogens is 1. The molecule has 19 heavy (non-hydrogen) atoms. The molecule has 1 aromatic carbocycles. The Balaban J connectivity index is 1.66. The van der Waals surface area contributed by atoms with Gasteiger partial charge < -0.3 is 10.3 Å². The van der Waals surface area contributed by atoms with Crippen molar-refractivity contribution in [2.45, 2.75) is 13.0 Å². The highest BCUT2D eigenvalue weighted by Gasteiger charge is 2.08. The second-order valence-corrected chi connectivity index (χ2v) is 5.22. The molecule has 0 aliphatic heterocycles. The molecular weight excluding hydrogens is 256 g/mol. The van der Waals surface area contributed by atoms with Crippen molar-refractivity contribution in [3.8, 4) is 0 Å². The largest absolute Gasteiger partial charge is 0.361 e. The average molecular weight is 270 g/mol. The maximum absolute atomic E-state index is 11.9. The van der Waals surface area contributed by atoms with E-state index >= 15 is 0 Å². The first-order valence-corrected chi connectivity index (χ1v) is 7.10. The lowest BCUT2D eigenvalue weighted by molar-refractivity contribution is -0.120. The second-order valence-electron chi connectivity index (χ2n) is 4.44. The minimum absolute atomic E-state index is 0.0518. The molecule has 0 fully saturated rings. The zero-order chi connectivity index (χ0) is 13.1. The summed E-state index contributed by atoms with van der Waals surface area (Å²) in [6.45, 7) is 0.602. The van der Waals surface area contributed by atoms with Gasteiger partial charge in [-0.05, 0) is 34.0 Å². The Hall–Kier alpha value is -2.07. The summed E-state index contributed by atoms with van der Waals surface area (Å²) in [7, 11) is 0. The van der Waals surface area contributed by atoms with Gasteiger partial charge in [0.05, 0.1) is 6.42 Å². The third-order valence-electron chi connectivity index (χ3n) is 3.10. The van der Waals surface area contributed by atoms with Crippen molar-refractivity contribution in [2.24, 2.45) is 0 Å². The van der Waals surface area contributed by atoms with Gasteiger partial charge >= 0.3 is 0 Å². The van der Waals surface area contributed by atoms with Crippen LogP contribution in [0.15, 0.2) is 47.3 Å². The van der Waals surface area contributed by atoms with Crippen LogP contribution in [0.4, 0.5) is 0 Å². The number of benzene rings is 1. The van der Waals surface area contributed by atoms with Gasteiger partial charge in [0.25, 0.3) is 0 Å². The van der Waals surface area contributed by atoms with Crippen molar-refractivity contribution in [1.82, 2.24) is 10.3 Å². The van der Waals surface area contributed by atoms with Gasteiger partial charge in [0.2, 0.25) is 5.91 Å². The quantitative estimate of drug-likeness (QED) is 0.752. The fraction of sp³-hybridized carbons (Fsp3) is 0.133. The summed E-state index contributed by atoms with van der Waals surface area (Å²) < 4.78 is 0. The van der Waals surface area contributed by atoms with Crippen LogP contribution in [0.1, 0.15) is 11.1 Å². The molecule has 0 atom stereocenters. The van der Waals surface area contributed by atoms with Gasteiger partial charge in [-0.2, -0.15) is 11.3 Å². The second kappa shape index (κ2) is 5.28. The molecule has 96 valence electrons. The Labute approximate surface area is 115 Å². The minimum atomic E-state index is 0.0518. The summed E-state index contributed by atoms with van der Waals surface area (Å²) in [6.07, 6.45) is 2.32. The van der Waals surface area contributed by atoms with Gasteiger partial charge in [0, 0.05) is 23.6 Å². The van der Waals surface area contributed by atoms with E-state index in [2.05, 4.69) is 10.3 Å². The Morgan fingerprint density at radius 2 is 2.16 bits per heavy atom. The van der Waals surface area contributed by atoms with Crippen LogP contribution in [0.2, 0.25) is 0 Å². The van der Waals surface area contributed by atoms with Crippen LogP contribution in [0, 0.1) is 0 Å². The molecule has 0 aliphatic carbocycles. The smallest absolute Gasteiger partial charge is 0.224 e. The third kappa shape index (κ3) is 2.69. The normalized spacial score (nSPS) is 10.7. The Kier molecular flexibility index (Phi) is 3.33. The number of hydrogen-bond donors (Lipinski definition) is 2. The number of amides is 1. The summed E-state index contributed by atoms with van der Waals surface area (Å²) in [4.78, 5) is 15.1. The highest BCUT2D eigenvalue weighted by molar-refractivity contribution is 7.07. The lowest BCUT2D eigenvalue weighted by Gasteiger charge is -2.03. The third-order valence-corrected chi connectivity index (χ3v) is 3.83. The fourth-order valence-electron chi connectivity index (χ4n) is 2.11. The molecule has 3 nitrogen and oxygen atoms in total.